The normalized spacial score (nSPS) is 11.0. The first-order valence-electron chi connectivity index (χ1n) is 10.5. The molecule has 0 aliphatic carbocycles. The van der Waals surface area contributed by atoms with Crippen LogP contribution >= 0.6 is 0 Å². The van der Waals surface area contributed by atoms with E-state index < -0.39 is 17.4 Å². The molecule has 5 rings (SSSR count). The monoisotopic (exact) mass is 472 g/mol. The number of halogens is 1. The zero-order valence-corrected chi connectivity index (χ0v) is 18.3. The Morgan fingerprint density at radius 2 is 1.89 bits per heavy atom. The van der Waals surface area contributed by atoms with Crippen molar-refractivity contribution in [3.05, 3.63) is 88.7 Å². The van der Waals surface area contributed by atoms with Crippen molar-refractivity contribution in [2.24, 2.45) is 0 Å². The van der Waals surface area contributed by atoms with Crippen molar-refractivity contribution in [2.75, 3.05) is 5.32 Å². The van der Waals surface area contributed by atoms with Crippen LogP contribution in [0.1, 0.15) is 17.3 Å². The van der Waals surface area contributed by atoms with Gasteiger partial charge in [-0.15, -0.1) is 5.10 Å². The highest BCUT2D eigenvalue weighted by molar-refractivity contribution is 5.95. The number of pyridine rings is 1. The number of amides is 1. The van der Waals surface area contributed by atoms with Crippen molar-refractivity contribution in [2.45, 2.75) is 13.5 Å². The fraction of sp³-hybridized carbons (Fsp3) is 0.0833. The molecule has 0 radical (unpaired) electrons. The van der Waals surface area contributed by atoms with Crippen LogP contribution in [0.25, 0.3) is 28.5 Å². The molecular weight excluding hydrogens is 455 g/mol. The van der Waals surface area contributed by atoms with Crippen molar-refractivity contribution in [3.8, 4) is 22.8 Å². The van der Waals surface area contributed by atoms with Gasteiger partial charge >= 0.3 is 5.69 Å². The van der Waals surface area contributed by atoms with Crippen LogP contribution in [0.2, 0.25) is 0 Å². The molecule has 3 aromatic heterocycles. The van der Waals surface area contributed by atoms with Gasteiger partial charge in [-0.25, -0.2) is 18.3 Å². The smallest absolute Gasteiger partial charge is 0.333 e. The first-order valence-corrected chi connectivity index (χ1v) is 10.5. The summed E-state index contributed by atoms with van der Waals surface area (Å²) in [5.41, 5.74) is 1.49. The third kappa shape index (κ3) is 4.34. The molecule has 10 nitrogen and oxygen atoms in total. The molecule has 0 saturated carbocycles. The van der Waals surface area contributed by atoms with E-state index in [4.69, 9.17) is 4.52 Å². The Morgan fingerprint density at radius 1 is 1.09 bits per heavy atom. The first-order chi connectivity index (χ1) is 16.9. The van der Waals surface area contributed by atoms with Crippen molar-refractivity contribution >= 4 is 23.0 Å². The summed E-state index contributed by atoms with van der Waals surface area (Å²) in [6.45, 7) is 1.11. The van der Waals surface area contributed by atoms with Crippen molar-refractivity contribution in [1.82, 2.24) is 24.3 Å². The molecule has 2 aromatic carbocycles. The second-order valence-corrected chi connectivity index (χ2v) is 7.67. The Morgan fingerprint density at radius 3 is 2.63 bits per heavy atom. The number of ketones is 1. The third-order valence-corrected chi connectivity index (χ3v) is 5.22. The summed E-state index contributed by atoms with van der Waals surface area (Å²) in [7, 11) is 0. The van der Waals surface area contributed by atoms with Crippen LogP contribution < -0.4 is 11.0 Å². The van der Waals surface area contributed by atoms with Gasteiger partial charge in [-0.1, -0.05) is 17.3 Å². The van der Waals surface area contributed by atoms with Gasteiger partial charge in [-0.2, -0.15) is 4.98 Å². The number of nitrogens with one attached hydrogen (secondary N) is 1. The van der Waals surface area contributed by atoms with E-state index in [1.54, 1.807) is 42.5 Å². The van der Waals surface area contributed by atoms with Gasteiger partial charge < -0.3 is 9.84 Å². The van der Waals surface area contributed by atoms with Crippen LogP contribution in [0.5, 0.6) is 0 Å². The van der Waals surface area contributed by atoms with Crippen LogP contribution in [-0.4, -0.2) is 36.0 Å². The number of Topliss-reactive ketones (excluding diaryl/α,β-unsaturated/α-hetero) is 1. The molecular formula is C24H17FN6O4. The molecule has 0 unspecified atom stereocenters. The second-order valence-electron chi connectivity index (χ2n) is 7.67. The minimum absolute atomic E-state index is 0.0840. The summed E-state index contributed by atoms with van der Waals surface area (Å²) < 4.78 is 21.2. The van der Waals surface area contributed by atoms with Crippen molar-refractivity contribution in [1.29, 1.82) is 0 Å². The van der Waals surface area contributed by atoms with Crippen LogP contribution in [-0.2, 0) is 11.3 Å². The van der Waals surface area contributed by atoms with Gasteiger partial charge in [0.2, 0.25) is 11.7 Å². The Hall–Kier alpha value is -4.93. The molecule has 1 amide bonds. The lowest BCUT2D eigenvalue weighted by Crippen LogP contribution is -2.28. The molecule has 0 aliphatic rings. The standard InChI is InChI=1S/C24H17FN6O4/c1-14(32)15-7-9-18(10-8-15)26-20(33)13-31-24(34)30-11-3-6-19(22(30)28-31)23-27-21(29-35-23)16-4-2-5-17(25)12-16/h2-12H,13H2,1H3,(H,26,33). The van der Waals surface area contributed by atoms with E-state index in [0.29, 0.717) is 22.4 Å². The van der Waals surface area contributed by atoms with E-state index in [-0.39, 0.29) is 29.7 Å². The Labute approximate surface area is 196 Å². The van der Waals surface area contributed by atoms with E-state index in [1.165, 1.54) is 35.7 Å². The van der Waals surface area contributed by atoms with Gasteiger partial charge in [0.25, 0.3) is 5.89 Å². The lowest BCUT2D eigenvalue weighted by atomic mass is 10.1. The summed E-state index contributed by atoms with van der Waals surface area (Å²) in [5.74, 6) is -0.729. The second kappa shape index (κ2) is 8.78. The SMILES string of the molecule is CC(=O)c1ccc(NC(=O)Cn2nc3c(-c4nc(-c5cccc(F)c5)no4)cccn3c2=O)cc1. The van der Waals surface area contributed by atoms with Crippen LogP contribution in [0.3, 0.4) is 0 Å². The predicted molar refractivity (Wildman–Crippen MR) is 123 cm³/mol. The molecule has 0 aliphatic heterocycles. The molecule has 5 aromatic rings. The molecule has 0 bridgehead atoms. The zero-order chi connectivity index (χ0) is 24.5. The number of rotatable bonds is 6. The van der Waals surface area contributed by atoms with Crippen LogP contribution in [0.4, 0.5) is 10.1 Å². The minimum atomic E-state index is -0.534. The minimum Gasteiger partial charge on any atom is -0.333 e. The average Bonchev–Trinajstić information content (AvgIpc) is 3.45. The predicted octanol–water partition coefficient (Wildman–Crippen LogP) is 3.19. The molecule has 3 heterocycles. The maximum absolute atomic E-state index is 13.5. The summed E-state index contributed by atoms with van der Waals surface area (Å²) >= 11 is 0. The number of aromatic nitrogens is 5. The number of anilines is 1. The largest absolute Gasteiger partial charge is 0.350 e. The van der Waals surface area contributed by atoms with E-state index in [1.807, 2.05) is 0 Å². The van der Waals surface area contributed by atoms with E-state index in [9.17, 15) is 18.8 Å². The number of carbonyl (C=O) groups excluding carboxylic acids is 2. The Balaban J connectivity index is 1.41. The van der Waals surface area contributed by atoms with E-state index in [2.05, 4.69) is 20.6 Å². The number of benzene rings is 2. The van der Waals surface area contributed by atoms with Gasteiger partial charge in [0.15, 0.2) is 11.4 Å². The third-order valence-electron chi connectivity index (χ3n) is 5.22. The Bertz CT molecular complexity index is 1630. The van der Waals surface area contributed by atoms with Gasteiger partial charge in [-0.05, 0) is 55.5 Å². The fourth-order valence-electron chi connectivity index (χ4n) is 3.51. The Kier molecular flexibility index (Phi) is 5.49. The number of hydrogen-bond acceptors (Lipinski definition) is 7. The molecule has 0 atom stereocenters. The van der Waals surface area contributed by atoms with E-state index >= 15 is 0 Å². The van der Waals surface area contributed by atoms with Crippen LogP contribution in [0, 0.1) is 5.82 Å². The maximum atomic E-state index is 13.5. The van der Waals surface area contributed by atoms with Gasteiger partial charge in [0.1, 0.15) is 12.4 Å². The highest BCUT2D eigenvalue weighted by atomic mass is 19.1. The van der Waals surface area contributed by atoms with Gasteiger partial charge in [-0.3, -0.25) is 9.59 Å². The molecule has 35 heavy (non-hydrogen) atoms. The molecule has 0 fully saturated rings. The molecule has 1 N–H and O–H groups in total. The lowest BCUT2D eigenvalue weighted by molar-refractivity contribution is -0.117. The summed E-state index contributed by atoms with van der Waals surface area (Å²) in [6.07, 6.45) is 1.51. The molecule has 11 heteroatoms. The summed E-state index contributed by atoms with van der Waals surface area (Å²) in [4.78, 5) is 41.0. The highest BCUT2D eigenvalue weighted by Gasteiger charge is 2.19. The highest BCUT2D eigenvalue weighted by Crippen LogP contribution is 2.24. The van der Waals surface area contributed by atoms with Gasteiger partial charge in [0, 0.05) is 23.0 Å². The first kappa shape index (κ1) is 21.9. The summed E-state index contributed by atoms with van der Waals surface area (Å²) in [5, 5.41) is 10.8. The van der Waals surface area contributed by atoms with Gasteiger partial charge in [0.05, 0.1) is 5.56 Å². The number of carbonyl (C=O) groups is 2. The summed E-state index contributed by atoms with van der Waals surface area (Å²) in [6, 6.07) is 15.4. The lowest BCUT2D eigenvalue weighted by Gasteiger charge is -2.05. The average molecular weight is 472 g/mol. The molecule has 0 spiro atoms. The van der Waals surface area contributed by atoms with Crippen molar-refractivity contribution < 1.29 is 18.5 Å². The number of nitrogens with zero attached hydrogens (tertiary/aromatic N) is 5. The zero-order valence-electron chi connectivity index (χ0n) is 18.3. The maximum Gasteiger partial charge on any atom is 0.350 e. The van der Waals surface area contributed by atoms with Crippen molar-refractivity contribution in [3.63, 3.8) is 0 Å². The van der Waals surface area contributed by atoms with Crippen LogP contribution in [0.15, 0.2) is 76.2 Å². The fourth-order valence-corrected chi connectivity index (χ4v) is 3.51. The number of hydrogen-bond donors (Lipinski definition) is 1. The quantitative estimate of drug-likeness (QED) is 0.376. The molecule has 174 valence electrons. The topological polar surface area (TPSA) is 124 Å². The molecule has 0 saturated heterocycles. The number of fused-ring (bicyclic) bond motifs is 1. The van der Waals surface area contributed by atoms with E-state index in [0.717, 1.165) is 4.68 Å².